The van der Waals surface area contributed by atoms with E-state index in [9.17, 15) is 24.0 Å². The van der Waals surface area contributed by atoms with Gasteiger partial charge in [0.05, 0.1) is 6.04 Å². The molecular formula is C12H18F5NOS2. The van der Waals surface area contributed by atoms with Crippen molar-refractivity contribution in [2.75, 3.05) is 0 Å². The van der Waals surface area contributed by atoms with Crippen molar-refractivity contribution >= 4 is 21.6 Å². The predicted octanol–water partition coefficient (Wildman–Crippen LogP) is 5.46. The Bertz CT molecular complexity index is 526. The minimum Gasteiger partial charge on any atom is -0.598 e. The van der Waals surface area contributed by atoms with Gasteiger partial charge in [-0.25, -0.2) is 0 Å². The Morgan fingerprint density at radius 1 is 1.14 bits per heavy atom. The molecule has 1 rings (SSSR count). The molecule has 0 aliphatic rings. The summed E-state index contributed by atoms with van der Waals surface area (Å²) >= 11 is -1.53. The van der Waals surface area contributed by atoms with Crippen molar-refractivity contribution in [3.05, 3.63) is 29.8 Å². The quantitative estimate of drug-likeness (QED) is 0.578. The Hall–Kier alpha value is -0.510. The third-order valence-electron chi connectivity index (χ3n) is 2.64. The van der Waals surface area contributed by atoms with Crippen LogP contribution in [-0.4, -0.2) is 9.30 Å². The summed E-state index contributed by atoms with van der Waals surface area (Å²) in [5.41, 5.74) is -0.00153. The van der Waals surface area contributed by atoms with Gasteiger partial charge in [0.25, 0.3) is 0 Å². The van der Waals surface area contributed by atoms with Crippen molar-refractivity contribution in [3.63, 3.8) is 0 Å². The molecule has 2 nitrogen and oxygen atoms in total. The Balaban J connectivity index is 3.08. The minimum absolute atomic E-state index is 0.00153. The van der Waals surface area contributed by atoms with Gasteiger partial charge in [0.1, 0.15) is 9.64 Å². The average Bonchev–Trinajstić information content (AvgIpc) is 2.24. The fraction of sp³-hybridized carbons (Fsp3) is 0.500. The Labute approximate surface area is 124 Å². The molecule has 0 aromatic heterocycles. The Kier molecular flexibility index (Phi) is 4.19. The van der Waals surface area contributed by atoms with E-state index in [1.165, 1.54) is 13.0 Å². The Morgan fingerprint density at radius 3 is 2.10 bits per heavy atom. The summed E-state index contributed by atoms with van der Waals surface area (Å²) < 4.78 is 77.7. The van der Waals surface area contributed by atoms with E-state index in [1.54, 1.807) is 20.8 Å². The number of halogens is 5. The number of benzene rings is 1. The van der Waals surface area contributed by atoms with Gasteiger partial charge in [-0.1, -0.05) is 31.6 Å². The summed E-state index contributed by atoms with van der Waals surface area (Å²) in [5, 5.41) is 0. The highest BCUT2D eigenvalue weighted by atomic mass is 32.5. The van der Waals surface area contributed by atoms with Gasteiger partial charge in [0, 0.05) is 11.4 Å². The molecule has 1 aromatic carbocycles. The van der Waals surface area contributed by atoms with Crippen molar-refractivity contribution < 1.29 is 24.0 Å². The van der Waals surface area contributed by atoms with Gasteiger partial charge >= 0.3 is 10.2 Å². The first-order valence-electron chi connectivity index (χ1n) is 6.03. The second kappa shape index (κ2) is 4.74. The highest BCUT2D eigenvalue weighted by Crippen LogP contribution is 3.02. The zero-order valence-corrected chi connectivity index (χ0v) is 13.6. The molecule has 0 aliphatic heterocycles. The monoisotopic (exact) mass is 351 g/mol. The molecular weight excluding hydrogens is 333 g/mol. The van der Waals surface area contributed by atoms with Crippen molar-refractivity contribution in [3.8, 4) is 0 Å². The van der Waals surface area contributed by atoms with Gasteiger partial charge < -0.3 is 4.55 Å². The maximum Gasteiger partial charge on any atom is 0.310 e. The third kappa shape index (κ3) is 5.32. The molecule has 0 amide bonds. The van der Waals surface area contributed by atoms with Crippen molar-refractivity contribution in [1.29, 1.82) is 0 Å². The molecule has 124 valence electrons. The molecule has 1 N–H and O–H groups in total. The van der Waals surface area contributed by atoms with Crippen LogP contribution in [0, 0.1) is 0 Å². The molecule has 0 radical (unpaired) electrons. The van der Waals surface area contributed by atoms with E-state index in [0.29, 0.717) is 12.1 Å². The van der Waals surface area contributed by atoms with Crippen molar-refractivity contribution in [1.82, 2.24) is 4.72 Å². The summed E-state index contributed by atoms with van der Waals surface area (Å²) in [6, 6.07) is 2.19. The van der Waals surface area contributed by atoms with E-state index in [0.717, 1.165) is 6.07 Å². The highest BCUT2D eigenvalue weighted by Gasteiger charge is 2.65. The smallest absolute Gasteiger partial charge is 0.310 e. The SMILES string of the molecule is CC(N[S@@+]([O-])C(C)(C)C)c1cccc(S(F)(F)(F)(F)F)c1. The largest absolute Gasteiger partial charge is 0.598 e. The second-order valence-electron chi connectivity index (χ2n) is 5.76. The fourth-order valence-corrected chi connectivity index (χ4v) is 2.93. The molecule has 0 heterocycles. The maximum absolute atomic E-state index is 12.8. The zero-order chi connectivity index (χ0) is 16.8. The lowest BCUT2D eigenvalue weighted by atomic mass is 10.1. The highest BCUT2D eigenvalue weighted by molar-refractivity contribution is 8.45. The van der Waals surface area contributed by atoms with E-state index in [-0.39, 0.29) is 5.56 Å². The second-order valence-corrected chi connectivity index (χ2v) is 10.2. The van der Waals surface area contributed by atoms with Crippen LogP contribution >= 0.6 is 10.2 Å². The van der Waals surface area contributed by atoms with Gasteiger partial charge in [-0.05, 0) is 45.4 Å². The van der Waals surface area contributed by atoms with Gasteiger partial charge in [-0.3, -0.25) is 0 Å². The standard InChI is InChI=1S/C12H18F5NOS2/c1-9(18-20(19)12(2,3)4)10-6-5-7-11(8-10)21(13,14,15,16)17/h5-9,18H,1-4H3/t9?,20-/m0/s1. The molecule has 0 spiro atoms. The molecule has 0 fully saturated rings. The van der Waals surface area contributed by atoms with Crippen LogP contribution < -0.4 is 4.72 Å². The lowest BCUT2D eigenvalue weighted by Crippen LogP contribution is -2.40. The van der Waals surface area contributed by atoms with Crippen LogP contribution in [-0.2, 0) is 11.4 Å². The van der Waals surface area contributed by atoms with Crippen LogP contribution in [0.5, 0.6) is 0 Å². The molecule has 0 saturated carbocycles. The molecule has 0 bridgehead atoms. The molecule has 9 heteroatoms. The van der Waals surface area contributed by atoms with Crippen LogP contribution in [0.1, 0.15) is 39.3 Å². The summed E-state index contributed by atoms with van der Waals surface area (Å²) in [6.45, 7) is 6.53. The fourth-order valence-electron chi connectivity index (χ4n) is 1.43. The third-order valence-corrected chi connectivity index (χ3v) is 5.47. The van der Waals surface area contributed by atoms with Crippen LogP contribution in [0.4, 0.5) is 19.4 Å². The van der Waals surface area contributed by atoms with Crippen LogP contribution in [0.25, 0.3) is 0 Å². The number of hydrogen-bond acceptors (Lipinski definition) is 2. The van der Waals surface area contributed by atoms with Gasteiger partial charge in [0.2, 0.25) is 0 Å². The number of nitrogens with one attached hydrogen (secondary N) is 1. The lowest BCUT2D eigenvalue weighted by Gasteiger charge is -2.40. The van der Waals surface area contributed by atoms with E-state index >= 15 is 0 Å². The minimum atomic E-state index is -9.70. The van der Waals surface area contributed by atoms with Gasteiger partial charge in [0.15, 0.2) is 0 Å². The molecule has 21 heavy (non-hydrogen) atoms. The first-order chi connectivity index (χ1) is 9.00. The summed E-state index contributed by atoms with van der Waals surface area (Å²) in [4.78, 5) is -1.94. The zero-order valence-electron chi connectivity index (χ0n) is 12.0. The van der Waals surface area contributed by atoms with Crippen molar-refractivity contribution in [2.24, 2.45) is 0 Å². The van der Waals surface area contributed by atoms with E-state index in [1.807, 2.05) is 0 Å². The first-order valence-corrected chi connectivity index (χ1v) is 9.13. The molecule has 0 aliphatic carbocycles. The van der Waals surface area contributed by atoms with Crippen LogP contribution in [0.3, 0.4) is 0 Å². The van der Waals surface area contributed by atoms with E-state index in [2.05, 4.69) is 4.72 Å². The molecule has 1 unspecified atom stereocenters. The van der Waals surface area contributed by atoms with E-state index < -0.39 is 37.3 Å². The van der Waals surface area contributed by atoms with Crippen LogP contribution in [0.15, 0.2) is 29.2 Å². The molecule has 0 saturated heterocycles. The first kappa shape index (κ1) is 18.5. The predicted molar refractivity (Wildman–Crippen MR) is 77.3 cm³/mol. The lowest BCUT2D eigenvalue weighted by molar-refractivity contribution is 0.363. The molecule has 1 aromatic rings. The topological polar surface area (TPSA) is 35.1 Å². The normalized spacial score (nSPS) is 19.5. The van der Waals surface area contributed by atoms with Gasteiger partial charge in [-0.2, -0.15) is 0 Å². The van der Waals surface area contributed by atoms with E-state index in [4.69, 9.17) is 0 Å². The molecule has 2 atom stereocenters. The average molecular weight is 351 g/mol. The summed E-state index contributed by atoms with van der Waals surface area (Å²) in [5.74, 6) is 0. The van der Waals surface area contributed by atoms with Gasteiger partial charge in [-0.15, -0.1) is 4.72 Å². The summed E-state index contributed by atoms with van der Waals surface area (Å²) in [6.07, 6.45) is 0. The number of rotatable bonds is 4. The maximum atomic E-state index is 12.8. The summed E-state index contributed by atoms with van der Waals surface area (Å²) in [7, 11) is -9.70. The number of hydrogen-bond donors (Lipinski definition) is 1. The van der Waals surface area contributed by atoms with Crippen molar-refractivity contribution in [2.45, 2.75) is 43.4 Å². The van der Waals surface area contributed by atoms with Crippen LogP contribution in [0.2, 0.25) is 0 Å². The Morgan fingerprint density at radius 2 is 1.67 bits per heavy atom.